The first kappa shape index (κ1) is 16.8. The van der Waals surface area contributed by atoms with Crippen LogP contribution in [0.3, 0.4) is 0 Å². The molecule has 0 aliphatic carbocycles. The van der Waals surface area contributed by atoms with Crippen LogP contribution < -0.4 is 9.64 Å². The van der Waals surface area contributed by atoms with Crippen molar-refractivity contribution in [1.29, 1.82) is 0 Å². The van der Waals surface area contributed by atoms with Crippen LogP contribution >= 0.6 is 0 Å². The first-order valence-electron chi connectivity index (χ1n) is 8.71. The monoisotopic (exact) mass is 330 g/mol. The summed E-state index contributed by atoms with van der Waals surface area (Å²) in [6.07, 6.45) is 1.47. The molecule has 3 rings (SSSR count). The third-order valence-electron chi connectivity index (χ3n) is 5.02. The van der Waals surface area contributed by atoms with E-state index in [9.17, 15) is 9.59 Å². The van der Waals surface area contributed by atoms with Gasteiger partial charge in [0.05, 0.1) is 13.0 Å². The van der Waals surface area contributed by atoms with Gasteiger partial charge >= 0.3 is 0 Å². The molecule has 24 heavy (non-hydrogen) atoms. The van der Waals surface area contributed by atoms with Crippen LogP contribution in [0.25, 0.3) is 0 Å². The van der Waals surface area contributed by atoms with Crippen LogP contribution in [0.5, 0.6) is 5.75 Å². The van der Waals surface area contributed by atoms with Crippen LogP contribution in [-0.4, -0.2) is 43.5 Å². The molecule has 5 nitrogen and oxygen atoms in total. The van der Waals surface area contributed by atoms with Gasteiger partial charge in [-0.15, -0.1) is 0 Å². The molecule has 2 amide bonds. The van der Waals surface area contributed by atoms with Crippen molar-refractivity contribution in [2.75, 3.05) is 31.6 Å². The third kappa shape index (κ3) is 3.40. The molecule has 2 aliphatic heterocycles. The maximum atomic E-state index is 12.9. The van der Waals surface area contributed by atoms with Gasteiger partial charge in [-0.1, -0.05) is 19.9 Å². The van der Waals surface area contributed by atoms with Crippen molar-refractivity contribution in [3.8, 4) is 5.75 Å². The Balaban J connectivity index is 1.71. The van der Waals surface area contributed by atoms with Gasteiger partial charge < -0.3 is 14.5 Å². The van der Waals surface area contributed by atoms with Crippen LogP contribution in [0, 0.1) is 17.8 Å². The summed E-state index contributed by atoms with van der Waals surface area (Å²) in [5.41, 5.74) is 0.801. The van der Waals surface area contributed by atoms with E-state index in [0.29, 0.717) is 30.6 Å². The Morgan fingerprint density at radius 3 is 2.54 bits per heavy atom. The zero-order chi connectivity index (χ0) is 17.3. The molecule has 2 fully saturated rings. The molecule has 2 saturated heterocycles. The number of carbonyl (C=O) groups excluding carboxylic acids is 2. The number of carbonyl (C=O) groups is 2. The van der Waals surface area contributed by atoms with Crippen molar-refractivity contribution >= 4 is 17.5 Å². The minimum atomic E-state index is -0.235. The summed E-state index contributed by atoms with van der Waals surface area (Å²) in [6.45, 7) is 6.47. The van der Waals surface area contributed by atoms with Crippen LogP contribution in [0.2, 0.25) is 0 Å². The number of nitrogens with zero attached hydrogens (tertiary/aromatic N) is 2. The molecular formula is C19H26N2O3. The highest BCUT2D eigenvalue weighted by Gasteiger charge is 2.38. The van der Waals surface area contributed by atoms with Gasteiger partial charge in [0, 0.05) is 37.8 Å². The second-order valence-corrected chi connectivity index (χ2v) is 7.30. The van der Waals surface area contributed by atoms with Gasteiger partial charge in [-0.25, -0.2) is 0 Å². The molecule has 1 aromatic carbocycles. The molecular weight excluding hydrogens is 304 g/mol. The zero-order valence-electron chi connectivity index (χ0n) is 14.7. The van der Waals surface area contributed by atoms with Crippen molar-refractivity contribution in [1.82, 2.24) is 4.90 Å². The van der Waals surface area contributed by atoms with E-state index in [0.717, 1.165) is 18.8 Å². The molecule has 0 aromatic heterocycles. The molecule has 1 aromatic rings. The lowest BCUT2D eigenvalue weighted by Crippen LogP contribution is -2.45. The number of piperidine rings is 1. The average Bonchev–Trinajstić information content (AvgIpc) is 2.95. The van der Waals surface area contributed by atoms with E-state index in [1.807, 2.05) is 29.2 Å². The number of rotatable bonds is 3. The molecule has 0 bridgehead atoms. The number of hydrogen-bond donors (Lipinski definition) is 0. The van der Waals surface area contributed by atoms with Gasteiger partial charge in [0.15, 0.2) is 0 Å². The Hall–Kier alpha value is -2.04. The second-order valence-electron chi connectivity index (χ2n) is 7.30. The fourth-order valence-corrected chi connectivity index (χ4v) is 4.00. The molecule has 0 unspecified atom stereocenters. The lowest BCUT2D eigenvalue weighted by molar-refractivity contribution is -0.138. The first-order valence-corrected chi connectivity index (χ1v) is 8.71. The third-order valence-corrected chi connectivity index (χ3v) is 5.02. The molecule has 0 N–H and O–H groups in total. The van der Waals surface area contributed by atoms with Crippen molar-refractivity contribution in [3.05, 3.63) is 24.3 Å². The summed E-state index contributed by atoms with van der Waals surface area (Å²) in [7, 11) is 1.61. The Bertz CT molecular complexity index is 621. The normalized spacial score (nSPS) is 27.5. The minimum absolute atomic E-state index is 0.0136. The largest absolute Gasteiger partial charge is 0.497 e. The highest BCUT2D eigenvalue weighted by Crippen LogP contribution is 2.30. The van der Waals surface area contributed by atoms with E-state index >= 15 is 0 Å². The van der Waals surface area contributed by atoms with Gasteiger partial charge in [-0.05, 0) is 30.4 Å². The number of benzene rings is 1. The van der Waals surface area contributed by atoms with E-state index in [2.05, 4.69) is 13.8 Å². The van der Waals surface area contributed by atoms with E-state index in [4.69, 9.17) is 4.74 Å². The van der Waals surface area contributed by atoms with Gasteiger partial charge in [0.25, 0.3) is 0 Å². The zero-order valence-corrected chi connectivity index (χ0v) is 14.7. The lowest BCUT2D eigenvalue weighted by atomic mass is 9.91. The maximum Gasteiger partial charge on any atom is 0.228 e. The van der Waals surface area contributed by atoms with Gasteiger partial charge in [0.1, 0.15) is 5.75 Å². The van der Waals surface area contributed by atoms with Crippen LogP contribution in [0.15, 0.2) is 24.3 Å². The highest BCUT2D eigenvalue weighted by atomic mass is 16.5. The standard InChI is InChI=1S/C19H26N2O3/c1-13-7-14(2)11-20(10-13)19(23)15-8-18(22)21(12-15)16-5-4-6-17(9-16)24-3/h4-6,9,13-15H,7-8,10-12H2,1-3H3/t13-,14-,15+/m1/s1. The van der Waals surface area contributed by atoms with E-state index in [-0.39, 0.29) is 17.7 Å². The summed E-state index contributed by atoms with van der Waals surface area (Å²) >= 11 is 0. The quantitative estimate of drug-likeness (QED) is 0.856. The lowest BCUT2D eigenvalue weighted by Gasteiger charge is -2.36. The van der Waals surface area contributed by atoms with Gasteiger partial charge in [-0.3, -0.25) is 9.59 Å². The van der Waals surface area contributed by atoms with Crippen molar-refractivity contribution in [2.45, 2.75) is 26.7 Å². The minimum Gasteiger partial charge on any atom is -0.497 e. The summed E-state index contributed by atoms with van der Waals surface area (Å²) < 4.78 is 5.23. The SMILES string of the molecule is COc1cccc(N2C[C@@H](C(=O)N3C[C@H](C)C[C@@H](C)C3)CC2=O)c1. The van der Waals surface area contributed by atoms with Crippen LogP contribution in [0.1, 0.15) is 26.7 Å². The molecule has 0 saturated carbocycles. The molecule has 0 radical (unpaired) electrons. The molecule has 2 heterocycles. The fraction of sp³-hybridized carbons (Fsp3) is 0.579. The molecule has 3 atom stereocenters. The predicted octanol–water partition coefficient (Wildman–Crippen LogP) is 2.55. The summed E-state index contributed by atoms with van der Waals surface area (Å²) in [5, 5.41) is 0. The van der Waals surface area contributed by atoms with E-state index < -0.39 is 0 Å². The fourth-order valence-electron chi connectivity index (χ4n) is 4.00. The average molecular weight is 330 g/mol. The number of ether oxygens (including phenoxy) is 1. The van der Waals surface area contributed by atoms with Gasteiger partial charge in [0.2, 0.25) is 11.8 Å². The molecule has 130 valence electrons. The smallest absolute Gasteiger partial charge is 0.228 e. The van der Waals surface area contributed by atoms with Crippen molar-refractivity contribution in [2.24, 2.45) is 17.8 Å². The number of hydrogen-bond acceptors (Lipinski definition) is 3. The molecule has 5 heteroatoms. The van der Waals surface area contributed by atoms with E-state index in [1.54, 1.807) is 12.0 Å². The first-order chi connectivity index (χ1) is 11.5. The van der Waals surface area contributed by atoms with Crippen molar-refractivity contribution < 1.29 is 14.3 Å². The van der Waals surface area contributed by atoms with Crippen molar-refractivity contribution in [3.63, 3.8) is 0 Å². The van der Waals surface area contributed by atoms with Gasteiger partial charge in [-0.2, -0.15) is 0 Å². The number of amides is 2. The molecule has 0 spiro atoms. The van der Waals surface area contributed by atoms with Crippen LogP contribution in [0.4, 0.5) is 5.69 Å². The Morgan fingerprint density at radius 1 is 1.17 bits per heavy atom. The topological polar surface area (TPSA) is 49.9 Å². The second kappa shape index (κ2) is 6.83. The highest BCUT2D eigenvalue weighted by molar-refractivity contribution is 6.00. The predicted molar refractivity (Wildman–Crippen MR) is 93.0 cm³/mol. The Labute approximate surface area is 143 Å². The Morgan fingerprint density at radius 2 is 1.88 bits per heavy atom. The summed E-state index contributed by atoms with van der Waals surface area (Å²) in [6, 6.07) is 7.45. The summed E-state index contributed by atoms with van der Waals surface area (Å²) in [4.78, 5) is 28.9. The van der Waals surface area contributed by atoms with Crippen LogP contribution in [-0.2, 0) is 9.59 Å². The maximum absolute atomic E-state index is 12.9. The summed E-state index contributed by atoms with van der Waals surface area (Å²) in [5.74, 6) is 1.69. The van der Waals surface area contributed by atoms with E-state index in [1.165, 1.54) is 6.42 Å². The number of methoxy groups -OCH3 is 1. The number of anilines is 1. The molecule has 2 aliphatic rings. The number of likely N-dealkylation sites (tertiary alicyclic amines) is 1. The Kier molecular flexibility index (Phi) is 4.78.